The summed E-state index contributed by atoms with van der Waals surface area (Å²) in [6.45, 7) is -0.278. The van der Waals surface area contributed by atoms with Gasteiger partial charge >= 0.3 is 35.5 Å². The summed E-state index contributed by atoms with van der Waals surface area (Å²) in [6.07, 6.45) is 1.02. The third kappa shape index (κ3) is 3.88. The van der Waals surface area contributed by atoms with Crippen LogP contribution in [0.15, 0.2) is 24.4 Å². The fraction of sp³-hybridized carbons (Fsp3) is 0.400. The van der Waals surface area contributed by atoms with Crippen LogP contribution in [0.1, 0.15) is 18.5 Å². The van der Waals surface area contributed by atoms with Gasteiger partial charge in [-0.3, -0.25) is 24.2 Å². The second kappa shape index (κ2) is 8.12. The van der Waals surface area contributed by atoms with Gasteiger partial charge in [-0.15, -0.1) is 0 Å². The first-order chi connectivity index (χ1) is 11.9. The Hall–Kier alpha value is -2.01. The molecule has 132 valence electrons. The minimum atomic E-state index is -2.30. The zero-order valence-corrected chi connectivity index (χ0v) is 16.0. The van der Waals surface area contributed by atoms with Gasteiger partial charge in [-0.25, -0.2) is 0 Å². The van der Waals surface area contributed by atoms with Crippen LogP contribution in [0, 0.1) is 0 Å². The van der Waals surface area contributed by atoms with Gasteiger partial charge in [0.25, 0.3) is 11.6 Å². The minimum absolute atomic E-state index is 0. The number of carbonyl (C=O) groups is 4. The van der Waals surface area contributed by atoms with Gasteiger partial charge in [0.15, 0.2) is 0 Å². The van der Waals surface area contributed by atoms with Crippen molar-refractivity contribution in [2.45, 2.75) is 31.0 Å². The number of carbonyl (C=O) groups excluding carboxylic acids is 4. The fourth-order valence-electron chi connectivity index (χ4n) is 2.66. The molecule has 10 nitrogen and oxygen atoms in total. The molecular weight excluding hydrogens is 357 g/mol. The number of rotatable bonds is 5. The fourth-order valence-corrected chi connectivity index (χ4v) is 2.66. The summed E-state index contributed by atoms with van der Waals surface area (Å²) in [5, 5.41) is 14.3. The van der Waals surface area contributed by atoms with Crippen molar-refractivity contribution in [1.29, 1.82) is 0 Å². The van der Waals surface area contributed by atoms with Gasteiger partial charge in [0, 0.05) is 18.3 Å². The maximum Gasteiger partial charge on any atom is 1.00 e. The molecule has 0 radical (unpaired) electrons. The predicted octanol–water partition coefficient (Wildman–Crippen LogP) is -5.33. The van der Waals surface area contributed by atoms with Gasteiger partial charge in [-0.2, -0.15) is 5.06 Å². The number of hydrogen-bond donors (Lipinski definition) is 1. The van der Waals surface area contributed by atoms with E-state index in [-0.39, 0.29) is 55.4 Å². The van der Waals surface area contributed by atoms with E-state index in [1.165, 1.54) is 6.20 Å². The first-order valence-corrected chi connectivity index (χ1v) is 7.52. The van der Waals surface area contributed by atoms with E-state index >= 15 is 0 Å². The van der Waals surface area contributed by atoms with Crippen LogP contribution >= 0.6 is 0 Å². The van der Waals surface area contributed by atoms with Crippen LogP contribution in [0.4, 0.5) is 0 Å². The normalized spacial score (nSPS) is 24.8. The van der Waals surface area contributed by atoms with Crippen LogP contribution in [0.2, 0.25) is 0 Å². The molecule has 2 aliphatic heterocycles. The van der Waals surface area contributed by atoms with Crippen molar-refractivity contribution in [3.05, 3.63) is 30.1 Å². The van der Waals surface area contributed by atoms with Crippen molar-refractivity contribution >= 4 is 23.8 Å². The van der Waals surface area contributed by atoms with Gasteiger partial charge < -0.3 is 20.0 Å². The smallest absolute Gasteiger partial charge is 0.544 e. The topological polar surface area (TPSA) is 138 Å². The third-order valence-electron chi connectivity index (χ3n) is 3.87. The number of aromatic nitrogens is 1. The van der Waals surface area contributed by atoms with Crippen molar-refractivity contribution in [1.82, 2.24) is 15.4 Å². The van der Waals surface area contributed by atoms with E-state index in [1.54, 1.807) is 18.2 Å². The predicted molar refractivity (Wildman–Crippen MR) is 75.7 cm³/mol. The number of ether oxygens (including phenoxy) is 1. The zero-order valence-electron chi connectivity index (χ0n) is 14.0. The molecule has 2 saturated heterocycles. The van der Waals surface area contributed by atoms with Crippen LogP contribution in [0.25, 0.3) is 0 Å². The van der Waals surface area contributed by atoms with Crippen LogP contribution < -0.4 is 40.0 Å². The molecule has 3 heterocycles. The van der Waals surface area contributed by atoms with Gasteiger partial charge in [0.1, 0.15) is 18.6 Å². The van der Waals surface area contributed by atoms with Gasteiger partial charge in [0.05, 0.1) is 12.8 Å². The quantitative estimate of drug-likeness (QED) is 0.400. The molecule has 0 aliphatic carbocycles. The van der Waals surface area contributed by atoms with E-state index in [0.717, 1.165) is 0 Å². The molecule has 2 fully saturated rings. The van der Waals surface area contributed by atoms with Crippen molar-refractivity contribution in [2.75, 3.05) is 6.61 Å². The van der Waals surface area contributed by atoms with Gasteiger partial charge in [-0.1, -0.05) is 6.07 Å². The van der Waals surface area contributed by atoms with Crippen LogP contribution in [0.5, 0.6) is 0 Å². The van der Waals surface area contributed by atoms with E-state index in [4.69, 9.17) is 9.57 Å². The number of aliphatic carboxylic acids is 1. The number of amides is 2. The van der Waals surface area contributed by atoms with E-state index < -0.39 is 35.5 Å². The number of hydrogen-bond acceptors (Lipinski definition) is 8. The first-order valence-electron chi connectivity index (χ1n) is 7.52. The van der Waals surface area contributed by atoms with Crippen molar-refractivity contribution < 1.29 is 63.4 Å². The Morgan fingerprint density at radius 2 is 2.15 bits per heavy atom. The molecule has 26 heavy (non-hydrogen) atoms. The van der Waals surface area contributed by atoms with Crippen molar-refractivity contribution in [3.63, 3.8) is 0 Å². The second-order valence-corrected chi connectivity index (χ2v) is 5.59. The summed E-state index contributed by atoms with van der Waals surface area (Å²) < 4.78 is 4.77. The maximum atomic E-state index is 12.4. The maximum absolute atomic E-state index is 12.4. The van der Waals surface area contributed by atoms with E-state index in [0.29, 0.717) is 10.8 Å². The zero-order chi connectivity index (χ0) is 18.0. The van der Waals surface area contributed by atoms with Crippen LogP contribution in [0.3, 0.4) is 0 Å². The summed E-state index contributed by atoms with van der Waals surface area (Å²) in [4.78, 5) is 56.2. The standard InChI is InChI=1S/C15H15N3O7.Na/c19-11(7-9-3-1-2-6-16-9)17-10-8-24-18(13(10)21)15(14(22)23)5-4-12(20)25-15;/h1-3,6,10H,4-5,7-8H2,(H,17,19)(H,22,23);/q;+1/p-1/t10-,15?;/m0./s1. The van der Waals surface area contributed by atoms with Crippen LogP contribution in [-0.4, -0.2) is 52.2 Å². The Bertz CT molecular complexity index is 729. The number of nitrogens with zero attached hydrogens (tertiary/aromatic N) is 2. The molecule has 2 atom stereocenters. The van der Waals surface area contributed by atoms with E-state index in [1.807, 2.05) is 0 Å². The molecule has 0 saturated carbocycles. The van der Waals surface area contributed by atoms with E-state index in [2.05, 4.69) is 10.3 Å². The number of hydroxylamine groups is 2. The Balaban J connectivity index is 0.00000243. The Kier molecular flexibility index (Phi) is 6.34. The third-order valence-corrected chi connectivity index (χ3v) is 3.87. The average molecular weight is 371 g/mol. The number of nitrogens with one attached hydrogen (secondary N) is 1. The van der Waals surface area contributed by atoms with Crippen molar-refractivity contribution in [2.24, 2.45) is 0 Å². The Morgan fingerprint density at radius 3 is 2.73 bits per heavy atom. The monoisotopic (exact) mass is 371 g/mol. The van der Waals surface area contributed by atoms with Crippen molar-refractivity contribution in [3.8, 4) is 0 Å². The molecule has 0 bridgehead atoms. The summed E-state index contributed by atoms with van der Waals surface area (Å²) in [6, 6.07) is 3.99. The SMILES string of the molecule is O=C(Cc1ccccn1)N[C@H]1CON(C2(C(=O)[O-])CCC(=O)O2)C1=O.[Na+]. The number of esters is 1. The van der Waals surface area contributed by atoms with Gasteiger partial charge in [-0.05, 0) is 12.1 Å². The summed E-state index contributed by atoms with van der Waals surface area (Å²) in [5.41, 5.74) is -1.78. The molecule has 1 N–H and O–H groups in total. The molecule has 1 unspecified atom stereocenters. The molecule has 3 rings (SSSR count). The number of carboxylic acid groups (broad SMARTS) is 1. The Morgan fingerprint density at radius 1 is 1.38 bits per heavy atom. The molecule has 0 spiro atoms. The molecule has 2 amide bonds. The molecule has 11 heteroatoms. The van der Waals surface area contributed by atoms with Crippen LogP contribution in [-0.2, 0) is 35.2 Å². The van der Waals surface area contributed by atoms with E-state index in [9.17, 15) is 24.3 Å². The molecule has 0 aromatic carbocycles. The number of cyclic esters (lactones) is 1. The summed E-state index contributed by atoms with van der Waals surface area (Å²) >= 11 is 0. The molecule has 1 aromatic rings. The first kappa shape index (κ1) is 20.3. The average Bonchev–Trinajstić information content (AvgIpc) is 3.13. The second-order valence-electron chi connectivity index (χ2n) is 5.59. The van der Waals surface area contributed by atoms with Gasteiger partial charge in [0.2, 0.25) is 5.91 Å². The minimum Gasteiger partial charge on any atom is -0.544 e. The summed E-state index contributed by atoms with van der Waals surface area (Å²) in [5.74, 6) is -3.84. The molecular formula is C15H14N3NaO7. The molecule has 1 aromatic heterocycles. The number of pyridine rings is 1. The molecule has 2 aliphatic rings. The Labute approximate surface area is 170 Å². The number of carboxylic acids is 1. The summed E-state index contributed by atoms with van der Waals surface area (Å²) in [7, 11) is 0. The largest absolute Gasteiger partial charge is 1.00 e.